The Hall–Kier alpha value is -5.43. The van der Waals surface area contributed by atoms with Crippen LogP contribution in [-0.4, -0.2) is 105 Å². The van der Waals surface area contributed by atoms with Gasteiger partial charge in [-0.1, -0.05) is 67.6 Å². The molecule has 19 heteroatoms. The summed E-state index contributed by atoms with van der Waals surface area (Å²) in [6.45, 7) is 3.11. The SMILES string of the molecule is CC(C)(O)c1cnnn1[C@H]1C[C@@H](C(=O)NC(CCCCNC(=O)NS(=O)(=O)C2CC2)C(=O)C(N)=O)N(C(=O)[C@@H](CC2CCCCC2)NC(=O)c2ccc3ccccc3c2)C1. The first kappa shape index (κ1) is 44.1. The maximum Gasteiger partial charge on any atom is 0.328 e. The molecule has 6 amide bonds. The van der Waals surface area contributed by atoms with Crippen molar-refractivity contribution < 1.29 is 42.3 Å². The number of hydrogen-bond donors (Lipinski definition) is 6. The lowest BCUT2D eigenvalue weighted by atomic mass is 9.84. The number of Topliss-reactive ketones (excluding diaryl/α,β-unsaturated/α-hetero) is 1. The number of nitrogens with one attached hydrogen (secondary N) is 4. The van der Waals surface area contributed by atoms with E-state index in [1.54, 1.807) is 26.0 Å². The number of carbonyl (C=O) groups excluding carboxylic acids is 6. The second kappa shape index (κ2) is 18.9. The van der Waals surface area contributed by atoms with Gasteiger partial charge in [0.1, 0.15) is 17.7 Å². The van der Waals surface area contributed by atoms with Gasteiger partial charge in [0.15, 0.2) is 0 Å². The van der Waals surface area contributed by atoms with Crippen LogP contribution in [0.3, 0.4) is 0 Å². The molecular formula is C41H55N9O9S. The molecule has 0 radical (unpaired) electrons. The standard InChI is InChI=1S/C41H55N9O9S/c1-41(2,57)34-23-44-48-50(34)29-22-33(38(54)45-31(35(51)36(42)52)14-8-9-19-43-40(56)47-60(58,59)30-17-18-30)49(24-29)39(55)32(20-25-10-4-3-5-11-25)46-37(53)28-16-15-26-12-6-7-13-27(26)21-28/h6-7,12-13,15-16,21,23,25,29-33,57H,3-5,8-11,14,17-20,22,24H2,1-2H3,(H2,42,52)(H,45,54)(H,46,53)(H2,43,47,56)/t29-,31?,32+,33-/m0/s1. The van der Waals surface area contributed by atoms with Crippen molar-refractivity contribution in [3.05, 3.63) is 59.9 Å². The van der Waals surface area contributed by atoms with Crippen LogP contribution in [0.4, 0.5) is 4.79 Å². The van der Waals surface area contributed by atoms with Gasteiger partial charge in [-0.2, -0.15) is 0 Å². The summed E-state index contributed by atoms with van der Waals surface area (Å²) in [5.74, 6) is -3.88. The third kappa shape index (κ3) is 11.0. The monoisotopic (exact) mass is 849 g/mol. The Morgan fingerprint density at radius 2 is 1.65 bits per heavy atom. The Balaban J connectivity index is 1.21. The number of hydrogen-bond acceptors (Lipinski definition) is 11. The lowest BCUT2D eigenvalue weighted by molar-refractivity contribution is -0.142. The number of aliphatic hydroxyl groups is 1. The molecule has 60 heavy (non-hydrogen) atoms. The van der Waals surface area contributed by atoms with Crippen LogP contribution in [0, 0.1) is 5.92 Å². The number of nitrogens with zero attached hydrogens (tertiary/aromatic N) is 4. The highest BCUT2D eigenvalue weighted by Gasteiger charge is 2.45. The summed E-state index contributed by atoms with van der Waals surface area (Å²) in [5, 5.41) is 28.4. The van der Waals surface area contributed by atoms with Gasteiger partial charge in [0, 0.05) is 25.1 Å². The molecule has 1 aliphatic heterocycles. The summed E-state index contributed by atoms with van der Waals surface area (Å²) < 4.78 is 27.6. The van der Waals surface area contributed by atoms with E-state index in [-0.39, 0.29) is 44.7 Å². The number of benzene rings is 2. The Morgan fingerprint density at radius 3 is 2.33 bits per heavy atom. The highest BCUT2D eigenvalue weighted by molar-refractivity contribution is 7.90. The molecule has 1 aromatic heterocycles. The first-order valence-electron chi connectivity index (χ1n) is 20.7. The number of likely N-dealkylation sites (tertiary alicyclic amines) is 1. The van der Waals surface area contributed by atoms with Crippen molar-refractivity contribution in [2.24, 2.45) is 11.7 Å². The van der Waals surface area contributed by atoms with Crippen LogP contribution >= 0.6 is 0 Å². The third-order valence-electron chi connectivity index (χ3n) is 11.6. The zero-order chi connectivity index (χ0) is 43.2. The largest absolute Gasteiger partial charge is 0.384 e. The van der Waals surface area contributed by atoms with Crippen molar-refractivity contribution in [2.45, 2.75) is 126 Å². The van der Waals surface area contributed by atoms with Crippen molar-refractivity contribution in [1.82, 2.24) is 40.6 Å². The molecule has 3 fully saturated rings. The minimum absolute atomic E-state index is 0.000931. The maximum atomic E-state index is 14.9. The fraction of sp³-hybridized carbons (Fsp3) is 0.561. The fourth-order valence-corrected chi connectivity index (χ4v) is 9.45. The molecule has 6 rings (SSSR count). The Labute approximate surface area is 348 Å². The molecule has 1 saturated heterocycles. The van der Waals surface area contributed by atoms with Gasteiger partial charge in [-0.15, -0.1) is 5.10 Å². The molecule has 3 aromatic rings. The number of primary amides is 1. The molecule has 0 spiro atoms. The van der Waals surface area contributed by atoms with Crippen LogP contribution < -0.4 is 26.4 Å². The smallest absolute Gasteiger partial charge is 0.328 e. The van der Waals surface area contributed by atoms with Crippen LogP contribution in [-0.2, 0) is 34.8 Å². The predicted molar refractivity (Wildman–Crippen MR) is 219 cm³/mol. The molecule has 18 nitrogen and oxygen atoms in total. The molecule has 2 heterocycles. The maximum absolute atomic E-state index is 14.9. The average molecular weight is 850 g/mol. The third-order valence-corrected chi connectivity index (χ3v) is 13.4. The van der Waals surface area contributed by atoms with Gasteiger partial charge in [0.2, 0.25) is 27.6 Å². The first-order chi connectivity index (χ1) is 28.5. The Morgan fingerprint density at radius 1 is 0.933 bits per heavy atom. The number of sulfonamides is 1. The predicted octanol–water partition coefficient (Wildman–Crippen LogP) is 2.07. The van der Waals surface area contributed by atoms with Crippen LogP contribution in [0.2, 0.25) is 0 Å². The minimum Gasteiger partial charge on any atom is -0.384 e. The van der Waals surface area contributed by atoms with E-state index in [1.165, 1.54) is 15.8 Å². The number of rotatable bonds is 18. The fourth-order valence-electron chi connectivity index (χ4n) is 8.20. The van der Waals surface area contributed by atoms with E-state index < -0.39 is 80.5 Å². The number of urea groups is 1. The van der Waals surface area contributed by atoms with Crippen molar-refractivity contribution in [3.63, 3.8) is 0 Å². The highest BCUT2D eigenvalue weighted by atomic mass is 32.2. The molecule has 7 N–H and O–H groups in total. The topological polar surface area (TPSA) is 265 Å². The normalized spacial score (nSPS) is 19.6. The summed E-state index contributed by atoms with van der Waals surface area (Å²) in [5.41, 5.74) is 4.72. The van der Waals surface area contributed by atoms with E-state index in [0.29, 0.717) is 30.5 Å². The molecule has 4 atom stereocenters. The van der Waals surface area contributed by atoms with Gasteiger partial charge in [-0.05, 0) is 81.2 Å². The van der Waals surface area contributed by atoms with Crippen molar-refractivity contribution in [1.29, 1.82) is 0 Å². The molecule has 3 aliphatic rings. The summed E-state index contributed by atoms with van der Waals surface area (Å²) in [6, 6.07) is 7.79. The van der Waals surface area contributed by atoms with E-state index in [2.05, 4.69) is 26.3 Å². The number of unbranched alkanes of at least 4 members (excludes halogenated alkanes) is 1. The van der Waals surface area contributed by atoms with Crippen molar-refractivity contribution >= 4 is 56.2 Å². The number of ketones is 1. The number of fused-ring (bicyclic) bond motifs is 1. The van der Waals surface area contributed by atoms with Gasteiger partial charge < -0.3 is 31.7 Å². The van der Waals surface area contributed by atoms with Gasteiger partial charge in [0.25, 0.3) is 11.8 Å². The van der Waals surface area contributed by atoms with Crippen LogP contribution in [0.5, 0.6) is 0 Å². The van der Waals surface area contributed by atoms with E-state index in [4.69, 9.17) is 5.73 Å². The van der Waals surface area contributed by atoms with Crippen LogP contribution in [0.1, 0.15) is 113 Å². The lowest BCUT2D eigenvalue weighted by Gasteiger charge is -2.32. The number of amides is 6. The molecule has 2 aliphatic carbocycles. The number of carbonyl (C=O) groups is 6. The first-order valence-corrected chi connectivity index (χ1v) is 22.2. The lowest BCUT2D eigenvalue weighted by Crippen LogP contribution is -2.56. The zero-order valence-corrected chi connectivity index (χ0v) is 34.8. The molecule has 1 unspecified atom stereocenters. The van der Waals surface area contributed by atoms with Crippen molar-refractivity contribution in [3.8, 4) is 0 Å². The van der Waals surface area contributed by atoms with E-state index in [0.717, 1.165) is 42.9 Å². The summed E-state index contributed by atoms with van der Waals surface area (Å²) in [7, 11) is -3.74. The summed E-state index contributed by atoms with van der Waals surface area (Å²) in [4.78, 5) is 81.8. The van der Waals surface area contributed by atoms with E-state index >= 15 is 0 Å². The van der Waals surface area contributed by atoms with Gasteiger partial charge in [-0.3, -0.25) is 24.0 Å². The van der Waals surface area contributed by atoms with E-state index in [9.17, 15) is 42.3 Å². The van der Waals surface area contributed by atoms with Gasteiger partial charge in [0.05, 0.1) is 29.2 Å². The van der Waals surface area contributed by atoms with E-state index in [1.807, 2.05) is 35.1 Å². The molecule has 2 aromatic carbocycles. The zero-order valence-electron chi connectivity index (χ0n) is 34.0. The quantitative estimate of drug-likeness (QED) is 0.0797. The number of nitrogens with two attached hydrogens (primary N) is 1. The van der Waals surface area contributed by atoms with Gasteiger partial charge in [-0.25, -0.2) is 22.6 Å². The highest BCUT2D eigenvalue weighted by Crippen LogP contribution is 2.34. The second-order valence-electron chi connectivity index (χ2n) is 16.7. The minimum atomic E-state index is -3.74. The second-order valence-corrected chi connectivity index (χ2v) is 18.7. The molecule has 0 bridgehead atoms. The Bertz CT molecular complexity index is 2200. The Kier molecular flexibility index (Phi) is 13.9. The molecule has 324 valence electrons. The average Bonchev–Trinajstić information content (AvgIpc) is 3.80. The van der Waals surface area contributed by atoms with Gasteiger partial charge >= 0.3 is 6.03 Å². The summed E-state index contributed by atoms with van der Waals surface area (Å²) in [6.07, 6.45) is 7.98. The number of aromatic nitrogens is 3. The van der Waals surface area contributed by atoms with Crippen LogP contribution in [0.25, 0.3) is 10.8 Å². The molecular weight excluding hydrogens is 795 g/mol. The molecule has 2 saturated carbocycles. The van der Waals surface area contributed by atoms with Crippen molar-refractivity contribution in [2.75, 3.05) is 13.1 Å². The summed E-state index contributed by atoms with van der Waals surface area (Å²) >= 11 is 0. The van der Waals surface area contributed by atoms with Crippen LogP contribution in [0.15, 0.2) is 48.7 Å².